The van der Waals surface area contributed by atoms with Crippen molar-refractivity contribution in [3.05, 3.63) is 23.8 Å². The number of benzene rings is 1. The van der Waals surface area contributed by atoms with Crippen LogP contribution in [0.4, 0.5) is 0 Å². The van der Waals surface area contributed by atoms with E-state index in [9.17, 15) is 8.42 Å². The minimum Gasteiger partial charge on any atom is -0.493 e. The summed E-state index contributed by atoms with van der Waals surface area (Å²) in [5.41, 5.74) is 0.582. The normalized spacial score (nSPS) is 15.5. The third-order valence-corrected chi connectivity index (χ3v) is 4.17. The molecule has 0 aliphatic carbocycles. The zero-order valence-corrected chi connectivity index (χ0v) is 11.1. The van der Waals surface area contributed by atoms with Crippen LogP contribution < -0.4 is 9.46 Å². The first-order chi connectivity index (χ1) is 7.78. The molecule has 0 radical (unpaired) electrons. The molecule has 5 heteroatoms. The molecule has 94 valence electrons. The van der Waals surface area contributed by atoms with E-state index in [1.165, 1.54) is 0 Å². The van der Waals surface area contributed by atoms with Crippen LogP contribution in [0.1, 0.15) is 26.3 Å². The molecule has 1 aliphatic rings. The van der Waals surface area contributed by atoms with E-state index in [0.717, 1.165) is 12.0 Å². The van der Waals surface area contributed by atoms with E-state index in [2.05, 4.69) is 4.72 Å². The van der Waals surface area contributed by atoms with Gasteiger partial charge in [0.05, 0.1) is 11.5 Å². The van der Waals surface area contributed by atoms with Crippen molar-refractivity contribution >= 4 is 10.0 Å². The SMILES string of the molecule is CC(C)(C)NS(=O)(=O)c1ccc2c(c1)OCC2. The van der Waals surface area contributed by atoms with Crippen LogP contribution in [0, 0.1) is 0 Å². The summed E-state index contributed by atoms with van der Waals surface area (Å²) in [7, 11) is -3.47. The molecule has 1 aliphatic heterocycles. The number of fused-ring (bicyclic) bond motifs is 1. The highest BCUT2D eigenvalue weighted by Gasteiger charge is 2.24. The maximum Gasteiger partial charge on any atom is 0.241 e. The minimum absolute atomic E-state index is 0.257. The van der Waals surface area contributed by atoms with Gasteiger partial charge in [0, 0.05) is 18.0 Å². The Morgan fingerprint density at radius 1 is 1.29 bits per heavy atom. The molecule has 1 N–H and O–H groups in total. The first-order valence-electron chi connectivity index (χ1n) is 5.58. The van der Waals surface area contributed by atoms with Gasteiger partial charge in [0.25, 0.3) is 0 Å². The molecule has 0 spiro atoms. The quantitative estimate of drug-likeness (QED) is 0.875. The summed E-state index contributed by atoms with van der Waals surface area (Å²) < 4.78 is 32.2. The predicted octanol–water partition coefficient (Wildman–Crippen LogP) is 1.70. The van der Waals surface area contributed by atoms with Gasteiger partial charge in [-0.05, 0) is 32.4 Å². The summed E-state index contributed by atoms with van der Waals surface area (Å²) in [5.74, 6) is 0.682. The monoisotopic (exact) mass is 255 g/mol. The van der Waals surface area contributed by atoms with Crippen molar-refractivity contribution in [2.75, 3.05) is 6.61 Å². The summed E-state index contributed by atoms with van der Waals surface area (Å²) in [6, 6.07) is 5.04. The lowest BCUT2D eigenvalue weighted by Gasteiger charge is -2.20. The van der Waals surface area contributed by atoms with Crippen molar-refractivity contribution in [3.63, 3.8) is 0 Å². The van der Waals surface area contributed by atoms with E-state index in [1.54, 1.807) is 12.1 Å². The van der Waals surface area contributed by atoms with Crippen LogP contribution in [0.5, 0.6) is 5.75 Å². The first kappa shape index (κ1) is 12.4. The van der Waals surface area contributed by atoms with E-state index in [4.69, 9.17) is 4.74 Å². The smallest absolute Gasteiger partial charge is 0.241 e. The lowest BCUT2D eigenvalue weighted by atomic mass is 10.1. The zero-order chi connectivity index (χ0) is 12.7. The second kappa shape index (κ2) is 3.99. The van der Waals surface area contributed by atoms with Gasteiger partial charge in [0.15, 0.2) is 0 Å². The molecule has 0 fully saturated rings. The third kappa shape index (κ3) is 2.79. The lowest BCUT2D eigenvalue weighted by Crippen LogP contribution is -2.40. The van der Waals surface area contributed by atoms with Gasteiger partial charge in [0.1, 0.15) is 5.75 Å². The van der Waals surface area contributed by atoms with E-state index in [0.29, 0.717) is 12.4 Å². The molecule has 0 amide bonds. The van der Waals surface area contributed by atoms with E-state index >= 15 is 0 Å². The molecule has 1 aromatic rings. The zero-order valence-electron chi connectivity index (χ0n) is 10.3. The first-order valence-corrected chi connectivity index (χ1v) is 7.06. The fourth-order valence-electron chi connectivity index (χ4n) is 1.78. The van der Waals surface area contributed by atoms with E-state index in [-0.39, 0.29) is 4.90 Å². The number of hydrogen-bond acceptors (Lipinski definition) is 3. The molecule has 0 saturated heterocycles. The second-order valence-corrected chi connectivity index (χ2v) is 6.91. The van der Waals surface area contributed by atoms with Crippen molar-refractivity contribution in [2.45, 2.75) is 37.6 Å². The second-order valence-electron chi connectivity index (χ2n) is 5.22. The maximum atomic E-state index is 12.1. The van der Waals surface area contributed by atoms with Gasteiger partial charge in [-0.1, -0.05) is 6.07 Å². The minimum atomic E-state index is -3.47. The van der Waals surface area contributed by atoms with Crippen LogP contribution >= 0.6 is 0 Å². The van der Waals surface area contributed by atoms with Crippen LogP contribution in [0.3, 0.4) is 0 Å². The molecule has 17 heavy (non-hydrogen) atoms. The molecule has 0 saturated carbocycles. The van der Waals surface area contributed by atoms with Gasteiger partial charge >= 0.3 is 0 Å². The molecule has 1 aromatic carbocycles. The number of nitrogens with one attached hydrogen (secondary N) is 1. The molecule has 0 unspecified atom stereocenters. The highest BCUT2D eigenvalue weighted by atomic mass is 32.2. The van der Waals surface area contributed by atoms with E-state index < -0.39 is 15.6 Å². The largest absolute Gasteiger partial charge is 0.493 e. The summed E-state index contributed by atoms with van der Waals surface area (Å²) in [6.07, 6.45) is 0.850. The lowest BCUT2D eigenvalue weighted by molar-refractivity contribution is 0.356. The highest BCUT2D eigenvalue weighted by molar-refractivity contribution is 7.89. The van der Waals surface area contributed by atoms with Gasteiger partial charge in [-0.25, -0.2) is 13.1 Å². The Kier molecular flexibility index (Phi) is 2.91. The molecular formula is C12H17NO3S. The number of sulfonamides is 1. The molecule has 0 bridgehead atoms. The van der Waals surface area contributed by atoms with Gasteiger partial charge in [-0.3, -0.25) is 0 Å². The van der Waals surface area contributed by atoms with Gasteiger partial charge < -0.3 is 4.74 Å². The van der Waals surface area contributed by atoms with Crippen molar-refractivity contribution in [1.82, 2.24) is 4.72 Å². The van der Waals surface area contributed by atoms with Crippen LogP contribution in [-0.2, 0) is 16.4 Å². The van der Waals surface area contributed by atoms with Crippen LogP contribution in [0.15, 0.2) is 23.1 Å². The number of hydrogen-bond donors (Lipinski definition) is 1. The van der Waals surface area contributed by atoms with Crippen molar-refractivity contribution < 1.29 is 13.2 Å². The highest BCUT2D eigenvalue weighted by Crippen LogP contribution is 2.28. The van der Waals surface area contributed by atoms with E-state index in [1.807, 2.05) is 26.8 Å². The summed E-state index contributed by atoms with van der Waals surface area (Å²) >= 11 is 0. The predicted molar refractivity (Wildman–Crippen MR) is 65.7 cm³/mol. The summed E-state index contributed by atoms with van der Waals surface area (Å²) in [5, 5.41) is 0. The number of rotatable bonds is 2. The van der Waals surface area contributed by atoms with Crippen LogP contribution in [-0.4, -0.2) is 20.6 Å². The molecule has 0 aromatic heterocycles. The Balaban J connectivity index is 2.34. The molecular weight excluding hydrogens is 238 g/mol. The average molecular weight is 255 g/mol. The Bertz CT molecular complexity index is 529. The van der Waals surface area contributed by atoms with Crippen LogP contribution in [0.25, 0.3) is 0 Å². The average Bonchev–Trinajstić information content (AvgIpc) is 2.59. The molecule has 4 nitrogen and oxygen atoms in total. The Morgan fingerprint density at radius 3 is 2.65 bits per heavy atom. The van der Waals surface area contributed by atoms with Gasteiger partial charge in [-0.2, -0.15) is 0 Å². The topological polar surface area (TPSA) is 55.4 Å². The number of ether oxygens (including phenoxy) is 1. The maximum absolute atomic E-state index is 12.1. The third-order valence-electron chi connectivity index (χ3n) is 2.42. The van der Waals surface area contributed by atoms with Crippen molar-refractivity contribution in [1.29, 1.82) is 0 Å². The molecule has 1 heterocycles. The van der Waals surface area contributed by atoms with Gasteiger partial charge in [0.2, 0.25) is 10.0 Å². The Labute approximate surface area is 102 Å². The molecule has 2 rings (SSSR count). The van der Waals surface area contributed by atoms with Crippen molar-refractivity contribution in [2.24, 2.45) is 0 Å². The fourth-order valence-corrected chi connectivity index (χ4v) is 3.21. The standard InChI is InChI=1S/C12H17NO3S/c1-12(2,3)13-17(14,15)10-5-4-9-6-7-16-11(9)8-10/h4-5,8,13H,6-7H2,1-3H3. The summed E-state index contributed by atoms with van der Waals surface area (Å²) in [4.78, 5) is 0.257. The Hall–Kier alpha value is -1.07. The van der Waals surface area contributed by atoms with Gasteiger partial charge in [-0.15, -0.1) is 0 Å². The Morgan fingerprint density at radius 2 is 2.00 bits per heavy atom. The van der Waals surface area contributed by atoms with Crippen molar-refractivity contribution in [3.8, 4) is 5.75 Å². The summed E-state index contributed by atoms with van der Waals surface area (Å²) in [6.45, 7) is 6.07. The fraction of sp³-hybridized carbons (Fsp3) is 0.500. The van der Waals surface area contributed by atoms with Crippen LogP contribution in [0.2, 0.25) is 0 Å². The molecule has 0 atom stereocenters.